The molecular formula is C57H104O6. The Balaban J connectivity index is 4.98. The van der Waals surface area contributed by atoms with E-state index in [2.05, 4.69) is 57.2 Å². The largest absolute Gasteiger partial charge is 0.393 e. The summed E-state index contributed by atoms with van der Waals surface area (Å²) < 4.78 is 0. The SMILES string of the molecule is CCCCCCCC/C=C\CCCCCCC[14C](=O)C(O)(CO)C(O)([14C](=O)CCCCCCC/C=C\CCCCCCCC)[14C](=O)CCCCCCC/C=C\CCCCCCCC. The second kappa shape index (κ2) is 45.3. The Morgan fingerprint density at radius 3 is 0.762 bits per heavy atom. The van der Waals surface area contributed by atoms with Gasteiger partial charge in [0.15, 0.2) is 23.0 Å². The summed E-state index contributed by atoms with van der Waals surface area (Å²) in [4.78, 5) is 41.2. The van der Waals surface area contributed by atoms with Crippen molar-refractivity contribution in [3.63, 3.8) is 0 Å². The van der Waals surface area contributed by atoms with Crippen LogP contribution in [0.25, 0.3) is 0 Å². The lowest BCUT2D eigenvalue weighted by Crippen LogP contribution is -2.69. The van der Waals surface area contributed by atoms with Crippen LogP contribution in [0.4, 0.5) is 0 Å². The Bertz CT molecular complexity index is 1090. The molecule has 6 nitrogen and oxygen atoms in total. The van der Waals surface area contributed by atoms with Crippen LogP contribution in [0.5, 0.6) is 0 Å². The van der Waals surface area contributed by atoms with E-state index in [1.165, 1.54) is 116 Å². The van der Waals surface area contributed by atoms with Gasteiger partial charge in [-0.15, -0.1) is 0 Å². The van der Waals surface area contributed by atoms with Gasteiger partial charge >= 0.3 is 0 Å². The number of carbonyl (C=O) groups excluding carboxylic acids is 3. The smallest absolute Gasteiger partial charge is 0.219 e. The number of carbonyl (C=O) groups is 3. The molecule has 63 heavy (non-hydrogen) atoms. The molecule has 1 atom stereocenters. The lowest BCUT2D eigenvalue weighted by Gasteiger charge is -2.39. The zero-order chi connectivity index (χ0) is 46.4. The Hall–Kier alpha value is -1.89. The quantitative estimate of drug-likeness (QED) is 0.0319. The summed E-state index contributed by atoms with van der Waals surface area (Å²) in [5.41, 5.74) is -5.78. The third-order valence-electron chi connectivity index (χ3n) is 13.1. The number of allylic oxidation sites excluding steroid dienone is 6. The molecule has 368 valence electrons. The van der Waals surface area contributed by atoms with Gasteiger partial charge in [-0.3, -0.25) is 14.4 Å². The van der Waals surface area contributed by atoms with Crippen LogP contribution in [0.15, 0.2) is 36.5 Å². The second-order valence-corrected chi connectivity index (χ2v) is 19.0. The fourth-order valence-electron chi connectivity index (χ4n) is 8.66. The summed E-state index contributed by atoms with van der Waals surface area (Å²) in [7, 11) is 0. The second-order valence-electron chi connectivity index (χ2n) is 19.0. The molecule has 1 unspecified atom stereocenters. The number of ketones is 3. The lowest BCUT2D eigenvalue weighted by molar-refractivity contribution is -0.194. The van der Waals surface area contributed by atoms with E-state index in [4.69, 9.17) is 0 Å². The first kappa shape index (κ1) is 61.1. The van der Waals surface area contributed by atoms with Gasteiger partial charge in [0.1, 0.15) is 0 Å². The van der Waals surface area contributed by atoms with Crippen molar-refractivity contribution in [1.29, 1.82) is 0 Å². The van der Waals surface area contributed by atoms with Gasteiger partial charge in [-0.2, -0.15) is 0 Å². The van der Waals surface area contributed by atoms with E-state index in [1.807, 2.05) is 0 Å². The molecule has 0 aromatic heterocycles. The highest BCUT2D eigenvalue weighted by Crippen LogP contribution is 2.32. The third-order valence-corrected chi connectivity index (χ3v) is 13.1. The zero-order valence-corrected chi connectivity index (χ0v) is 41.9. The molecule has 0 fully saturated rings. The van der Waals surface area contributed by atoms with Gasteiger partial charge in [0.2, 0.25) is 5.60 Å². The van der Waals surface area contributed by atoms with Crippen LogP contribution in [0, 0.1) is 0 Å². The number of aliphatic hydroxyl groups is 3. The van der Waals surface area contributed by atoms with Gasteiger partial charge in [0, 0.05) is 19.3 Å². The molecule has 0 saturated heterocycles. The van der Waals surface area contributed by atoms with Gasteiger partial charge < -0.3 is 15.3 Å². The molecule has 0 aromatic rings. The topological polar surface area (TPSA) is 112 Å². The van der Waals surface area contributed by atoms with Crippen LogP contribution < -0.4 is 0 Å². The molecular weight excluding hydrogens is 787 g/mol. The van der Waals surface area contributed by atoms with E-state index in [0.29, 0.717) is 19.3 Å². The number of hydrogen-bond acceptors (Lipinski definition) is 6. The number of hydrogen-bond donors (Lipinski definition) is 3. The van der Waals surface area contributed by atoms with Crippen LogP contribution >= 0.6 is 0 Å². The highest BCUT2D eigenvalue weighted by Gasteiger charge is 2.62. The van der Waals surface area contributed by atoms with Crippen molar-refractivity contribution in [2.45, 2.75) is 302 Å². The standard InChI is InChI=1S/C57H104O6/c1-4-7-10-13-16-19-22-25-28-31-34-37-40-43-46-49-53(59)56(62,52-58)57(63,54(60)50-47-44-41-38-35-32-29-26-23-20-17-14-11-8-5-2)55(61)51-48-45-42-39-36-33-30-27-24-21-18-15-12-9-6-3/h25-30,58,62-63H,4-24,31-52H2,1-3H3/b28-25-,29-26-,30-27-/i53+2,54+2,55+2. The Kier molecular flexibility index (Phi) is 43.9. The molecule has 0 radical (unpaired) electrons. The van der Waals surface area contributed by atoms with Crippen LogP contribution in [-0.2, 0) is 14.4 Å². The van der Waals surface area contributed by atoms with Crippen molar-refractivity contribution < 1.29 is 29.7 Å². The summed E-state index contributed by atoms with van der Waals surface area (Å²) in [6.45, 7) is 5.57. The van der Waals surface area contributed by atoms with Crippen molar-refractivity contribution >= 4 is 17.3 Å². The van der Waals surface area contributed by atoms with Gasteiger partial charge in [-0.25, -0.2) is 0 Å². The Morgan fingerprint density at radius 1 is 0.317 bits per heavy atom. The molecule has 0 aromatic carbocycles. The van der Waals surface area contributed by atoms with Crippen molar-refractivity contribution in [3.8, 4) is 0 Å². The van der Waals surface area contributed by atoms with Crippen LogP contribution in [-0.4, -0.2) is 50.5 Å². The van der Waals surface area contributed by atoms with E-state index in [0.717, 1.165) is 116 Å². The van der Waals surface area contributed by atoms with E-state index in [-0.39, 0.29) is 19.3 Å². The molecule has 0 rings (SSSR count). The van der Waals surface area contributed by atoms with Crippen molar-refractivity contribution in [2.24, 2.45) is 0 Å². The minimum absolute atomic E-state index is 0.0983. The minimum atomic E-state index is -2.94. The molecule has 0 aliphatic carbocycles. The van der Waals surface area contributed by atoms with Crippen molar-refractivity contribution in [1.82, 2.24) is 0 Å². The number of unbranched alkanes of at least 4 members (excludes halogenated alkanes) is 33. The van der Waals surface area contributed by atoms with Crippen molar-refractivity contribution in [2.75, 3.05) is 6.61 Å². The molecule has 0 bridgehead atoms. The predicted molar refractivity (Wildman–Crippen MR) is 270 cm³/mol. The molecule has 0 aliphatic rings. The molecule has 0 aliphatic heterocycles. The number of aliphatic hydroxyl groups excluding tert-OH is 1. The fraction of sp³-hybridized carbons (Fsp3) is 0.842. The van der Waals surface area contributed by atoms with Crippen LogP contribution in [0.1, 0.15) is 290 Å². The normalized spacial score (nSPS) is 13.2. The molecule has 0 amide bonds. The van der Waals surface area contributed by atoms with E-state index >= 15 is 0 Å². The Morgan fingerprint density at radius 2 is 0.524 bits per heavy atom. The third kappa shape index (κ3) is 32.4. The van der Waals surface area contributed by atoms with Gasteiger partial charge in [0.25, 0.3) is 0 Å². The molecule has 0 saturated carbocycles. The highest BCUT2D eigenvalue weighted by molar-refractivity contribution is 6.16. The monoisotopic (exact) mass is 891 g/mol. The Labute approximate surface area is 390 Å². The first-order valence-electron chi connectivity index (χ1n) is 27.4. The number of Topliss-reactive ketones (excluding diaryl/α,β-unsaturated/α-hetero) is 3. The average Bonchev–Trinajstić information content (AvgIpc) is 3.29. The van der Waals surface area contributed by atoms with E-state index in [9.17, 15) is 29.7 Å². The highest BCUT2D eigenvalue weighted by atomic mass is 16.5. The molecule has 0 heterocycles. The van der Waals surface area contributed by atoms with Gasteiger partial charge in [-0.05, 0) is 96.3 Å². The zero-order valence-electron chi connectivity index (χ0n) is 41.9. The first-order valence-corrected chi connectivity index (χ1v) is 27.4. The summed E-state index contributed by atoms with van der Waals surface area (Å²) in [6, 6.07) is 0. The lowest BCUT2D eigenvalue weighted by atomic mass is 10.0. The van der Waals surface area contributed by atoms with Crippen molar-refractivity contribution in [3.05, 3.63) is 36.5 Å². The van der Waals surface area contributed by atoms with Gasteiger partial charge in [0.05, 0.1) is 6.61 Å². The van der Waals surface area contributed by atoms with Crippen LogP contribution in [0.3, 0.4) is 0 Å². The molecule has 0 spiro atoms. The summed E-state index contributed by atoms with van der Waals surface area (Å²) in [6.07, 6.45) is 56.4. The van der Waals surface area contributed by atoms with E-state index < -0.39 is 35.2 Å². The predicted octanol–water partition coefficient (Wildman–Crippen LogP) is 16.3. The first-order chi connectivity index (χ1) is 30.8. The van der Waals surface area contributed by atoms with E-state index in [1.54, 1.807) is 0 Å². The number of rotatable bonds is 50. The fourth-order valence-corrected chi connectivity index (χ4v) is 8.66. The van der Waals surface area contributed by atoms with Crippen LogP contribution in [0.2, 0.25) is 0 Å². The maximum atomic E-state index is 13.8. The average molecular weight is 891 g/mol. The summed E-state index contributed by atoms with van der Waals surface area (Å²) in [5, 5.41) is 34.1. The minimum Gasteiger partial charge on any atom is -0.393 e. The maximum absolute atomic E-state index is 13.8. The molecule has 3 N–H and O–H groups in total. The molecule has 6 heteroatoms. The maximum Gasteiger partial charge on any atom is 0.219 e. The summed E-state index contributed by atoms with van der Waals surface area (Å²) in [5.74, 6) is -2.50. The summed E-state index contributed by atoms with van der Waals surface area (Å²) >= 11 is 0. The van der Waals surface area contributed by atoms with Gasteiger partial charge in [-0.1, -0.05) is 211 Å².